The average molecular weight is 527 g/mol. The molecule has 0 bridgehead atoms. The summed E-state index contributed by atoms with van der Waals surface area (Å²) < 4.78 is 5.93. The fraction of sp³-hybridized carbons (Fsp3) is 0.310. The zero-order valence-corrected chi connectivity index (χ0v) is 22.6. The lowest BCUT2D eigenvalue weighted by atomic mass is 10.0. The van der Waals surface area contributed by atoms with E-state index < -0.39 is 6.04 Å². The lowest BCUT2D eigenvalue weighted by molar-refractivity contribution is -0.143. The molecule has 2 amide bonds. The molecule has 7 heteroatoms. The maximum Gasteiger partial charge on any atom is 0.261 e. The molecule has 0 saturated carbocycles. The van der Waals surface area contributed by atoms with Crippen molar-refractivity contribution in [3.8, 4) is 5.75 Å². The van der Waals surface area contributed by atoms with E-state index in [0.717, 1.165) is 22.3 Å². The van der Waals surface area contributed by atoms with E-state index in [9.17, 15) is 9.59 Å². The molecular weight excluding hydrogens is 495 g/mol. The van der Waals surface area contributed by atoms with Crippen molar-refractivity contribution in [1.82, 2.24) is 10.2 Å². The molecule has 0 aliphatic carbocycles. The van der Waals surface area contributed by atoms with Crippen molar-refractivity contribution in [3.05, 3.63) is 99.0 Å². The summed E-state index contributed by atoms with van der Waals surface area (Å²) in [7, 11) is 0. The number of hydrogen-bond acceptors (Lipinski definition) is 3. The number of carbonyl (C=O) groups is 2. The molecule has 0 radical (unpaired) electrons. The highest BCUT2D eigenvalue weighted by Crippen LogP contribution is 2.25. The second kappa shape index (κ2) is 12.8. The zero-order chi connectivity index (χ0) is 26.2. The molecule has 1 atom stereocenters. The topological polar surface area (TPSA) is 58.6 Å². The van der Waals surface area contributed by atoms with Crippen molar-refractivity contribution in [2.75, 3.05) is 6.61 Å². The molecule has 0 spiro atoms. The summed E-state index contributed by atoms with van der Waals surface area (Å²) >= 11 is 12.4. The molecular formula is C29H32Cl2N2O3. The SMILES string of the molecule is Cc1cccc(OCC(=O)N(Cc2ccc(Cl)c(Cl)c2)[C@@H](Cc2ccccc2)C(=O)NC(C)C)c1C. The molecule has 3 rings (SSSR count). The number of nitrogens with zero attached hydrogens (tertiary/aromatic N) is 1. The second-order valence-electron chi connectivity index (χ2n) is 9.13. The van der Waals surface area contributed by atoms with Crippen LogP contribution in [0.4, 0.5) is 0 Å². The summed E-state index contributed by atoms with van der Waals surface area (Å²) in [5, 5.41) is 3.79. The Labute approximate surface area is 223 Å². The molecule has 0 fully saturated rings. The summed E-state index contributed by atoms with van der Waals surface area (Å²) in [6.45, 7) is 7.71. The van der Waals surface area contributed by atoms with Crippen LogP contribution in [0.1, 0.15) is 36.1 Å². The molecule has 0 aliphatic heterocycles. The monoisotopic (exact) mass is 526 g/mol. The Bertz CT molecular complexity index is 1200. The minimum Gasteiger partial charge on any atom is -0.483 e. The van der Waals surface area contributed by atoms with Gasteiger partial charge in [-0.25, -0.2) is 0 Å². The molecule has 5 nitrogen and oxygen atoms in total. The third-order valence-corrected chi connectivity index (χ3v) is 6.68. The quantitative estimate of drug-likeness (QED) is 0.344. The predicted octanol–water partition coefficient (Wildman–Crippen LogP) is 6.15. The fourth-order valence-corrected chi connectivity index (χ4v) is 4.19. The van der Waals surface area contributed by atoms with Gasteiger partial charge in [-0.05, 0) is 68.1 Å². The number of amides is 2. The number of aryl methyl sites for hydroxylation is 1. The maximum atomic E-state index is 13.7. The summed E-state index contributed by atoms with van der Waals surface area (Å²) in [6.07, 6.45) is 0.357. The minimum atomic E-state index is -0.751. The van der Waals surface area contributed by atoms with E-state index in [1.54, 1.807) is 23.1 Å². The van der Waals surface area contributed by atoms with Crippen LogP contribution in [0, 0.1) is 13.8 Å². The maximum absolute atomic E-state index is 13.7. The smallest absolute Gasteiger partial charge is 0.261 e. The van der Waals surface area contributed by atoms with Crippen molar-refractivity contribution in [3.63, 3.8) is 0 Å². The normalized spacial score (nSPS) is 11.8. The third-order valence-electron chi connectivity index (χ3n) is 5.95. The van der Waals surface area contributed by atoms with E-state index in [1.165, 1.54) is 0 Å². The molecule has 36 heavy (non-hydrogen) atoms. The van der Waals surface area contributed by atoms with Gasteiger partial charge in [0.05, 0.1) is 10.0 Å². The first-order valence-electron chi connectivity index (χ1n) is 11.9. The van der Waals surface area contributed by atoms with Crippen molar-refractivity contribution in [2.45, 2.75) is 52.7 Å². The highest BCUT2D eigenvalue weighted by atomic mass is 35.5. The van der Waals surface area contributed by atoms with Crippen LogP contribution in [-0.2, 0) is 22.6 Å². The Morgan fingerprint density at radius 3 is 2.31 bits per heavy atom. The molecule has 3 aromatic carbocycles. The molecule has 1 N–H and O–H groups in total. The summed E-state index contributed by atoms with van der Waals surface area (Å²) in [5.74, 6) is 0.111. The Kier molecular flexibility index (Phi) is 9.80. The van der Waals surface area contributed by atoms with Gasteiger partial charge in [-0.2, -0.15) is 0 Å². The molecule has 190 valence electrons. The van der Waals surface area contributed by atoms with Crippen molar-refractivity contribution >= 4 is 35.0 Å². The largest absolute Gasteiger partial charge is 0.483 e. The first-order chi connectivity index (χ1) is 17.2. The highest BCUT2D eigenvalue weighted by Gasteiger charge is 2.31. The summed E-state index contributed by atoms with van der Waals surface area (Å²) in [6, 6.07) is 19.8. The van der Waals surface area contributed by atoms with Gasteiger partial charge in [-0.1, -0.05) is 71.7 Å². The molecule has 0 saturated heterocycles. The molecule has 3 aromatic rings. The first-order valence-corrected chi connectivity index (χ1v) is 12.7. The van der Waals surface area contributed by atoms with Crippen molar-refractivity contribution in [1.29, 1.82) is 0 Å². The Morgan fingerprint density at radius 2 is 1.64 bits per heavy atom. The van der Waals surface area contributed by atoms with Crippen LogP contribution >= 0.6 is 23.2 Å². The van der Waals surface area contributed by atoms with E-state index in [1.807, 2.05) is 76.2 Å². The van der Waals surface area contributed by atoms with Gasteiger partial charge in [0, 0.05) is 19.0 Å². The number of rotatable bonds is 10. The van der Waals surface area contributed by atoms with Crippen LogP contribution in [-0.4, -0.2) is 35.4 Å². The Hall–Kier alpha value is -3.02. The van der Waals surface area contributed by atoms with Crippen LogP contribution in [0.25, 0.3) is 0 Å². The fourth-order valence-electron chi connectivity index (χ4n) is 3.87. The predicted molar refractivity (Wildman–Crippen MR) is 146 cm³/mol. The summed E-state index contributed by atoms with van der Waals surface area (Å²) in [5.41, 5.74) is 3.76. The number of ether oxygens (including phenoxy) is 1. The van der Waals surface area contributed by atoms with Gasteiger partial charge in [-0.3, -0.25) is 9.59 Å². The van der Waals surface area contributed by atoms with E-state index in [0.29, 0.717) is 22.2 Å². The van der Waals surface area contributed by atoms with Crippen LogP contribution in [0.15, 0.2) is 66.7 Å². The highest BCUT2D eigenvalue weighted by molar-refractivity contribution is 6.42. The molecule has 0 aromatic heterocycles. The van der Waals surface area contributed by atoms with Crippen LogP contribution < -0.4 is 10.1 Å². The Balaban J connectivity index is 1.94. The van der Waals surface area contributed by atoms with Crippen LogP contribution in [0.5, 0.6) is 5.75 Å². The first kappa shape index (κ1) is 27.6. The number of hydrogen-bond donors (Lipinski definition) is 1. The van der Waals surface area contributed by atoms with Gasteiger partial charge in [0.1, 0.15) is 11.8 Å². The van der Waals surface area contributed by atoms with Crippen molar-refractivity contribution < 1.29 is 14.3 Å². The van der Waals surface area contributed by atoms with E-state index in [4.69, 9.17) is 27.9 Å². The van der Waals surface area contributed by atoms with Crippen molar-refractivity contribution in [2.24, 2.45) is 0 Å². The molecule has 0 heterocycles. The van der Waals surface area contributed by atoms with Gasteiger partial charge in [0.25, 0.3) is 5.91 Å². The molecule has 0 aliphatic rings. The summed E-state index contributed by atoms with van der Waals surface area (Å²) in [4.78, 5) is 28.6. The van der Waals surface area contributed by atoms with Gasteiger partial charge in [0.15, 0.2) is 6.61 Å². The number of carbonyl (C=O) groups excluding carboxylic acids is 2. The number of nitrogens with one attached hydrogen (secondary N) is 1. The van der Waals surface area contributed by atoms with Crippen LogP contribution in [0.2, 0.25) is 10.0 Å². The van der Waals surface area contributed by atoms with Gasteiger partial charge in [-0.15, -0.1) is 0 Å². The second-order valence-corrected chi connectivity index (χ2v) is 9.94. The average Bonchev–Trinajstić information content (AvgIpc) is 2.84. The lowest BCUT2D eigenvalue weighted by Gasteiger charge is -2.32. The van der Waals surface area contributed by atoms with Gasteiger partial charge >= 0.3 is 0 Å². The van der Waals surface area contributed by atoms with E-state index >= 15 is 0 Å². The number of halogens is 2. The zero-order valence-electron chi connectivity index (χ0n) is 21.1. The molecule has 0 unspecified atom stereocenters. The standard InChI is InChI=1S/C29H32Cl2N2O3/c1-19(2)32-29(35)26(16-22-10-6-5-7-11-22)33(17-23-13-14-24(30)25(31)15-23)28(34)18-36-27-12-8-9-20(3)21(27)4/h5-15,19,26H,16-18H2,1-4H3,(H,32,35)/t26-/m0/s1. The van der Waals surface area contributed by atoms with Gasteiger partial charge < -0.3 is 15.0 Å². The minimum absolute atomic E-state index is 0.0797. The van der Waals surface area contributed by atoms with E-state index in [-0.39, 0.29) is 31.0 Å². The Morgan fingerprint density at radius 1 is 0.917 bits per heavy atom. The lowest BCUT2D eigenvalue weighted by Crippen LogP contribution is -2.52. The van der Waals surface area contributed by atoms with Gasteiger partial charge in [0.2, 0.25) is 5.91 Å². The van der Waals surface area contributed by atoms with E-state index in [2.05, 4.69) is 5.32 Å². The van der Waals surface area contributed by atoms with Crippen LogP contribution in [0.3, 0.4) is 0 Å². The number of benzene rings is 3. The third kappa shape index (κ3) is 7.49.